The number of benzene rings is 1. The molecule has 1 heterocycles. The number of rotatable bonds is 2. The maximum Gasteiger partial charge on any atom is 0.164 e. The highest BCUT2D eigenvalue weighted by atomic mass is 79.9. The van der Waals surface area contributed by atoms with E-state index in [0.717, 1.165) is 33.5 Å². The van der Waals surface area contributed by atoms with Crippen molar-refractivity contribution >= 4 is 15.9 Å². The predicted octanol–water partition coefficient (Wildman–Crippen LogP) is 2.85. The van der Waals surface area contributed by atoms with Crippen molar-refractivity contribution in [2.75, 3.05) is 13.2 Å². The van der Waals surface area contributed by atoms with Crippen LogP contribution in [0, 0.1) is 11.3 Å². The van der Waals surface area contributed by atoms with E-state index in [1.807, 2.05) is 6.07 Å². The molecular weight excluding hydrogens is 270 g/mol. The van der Waals surface area contributed by atoms with E-state index in [0.29, 0.717) is 19.6 Å². The van der Waals surface area contributed by atoms with Crippen LogP contribution < -0.4 is 9.47 Å². The molecule has 0 radical (unpaired) electrons. The summed E-state index contributed by atoms with van der Waals surface area (Å²) < 4.78 is 12.1. The molecule has 0 spiro atoms. The Morgan fingerprint density at radius 1 is 1.38 bits per heavy atom. The first kappa shape index (κ1) is 11.3. The molecular formula is C12H12BrNO2. The Balaban J connectivity index is 2.58. The highest BCUT2D eigenvalue weighted by Crippen LogP contribution is 2.40. The summed E-state index contributed by atoms with van der Waals surface area (Å²) in [5.41, 5.74) is 2.08. The minimum Gasteiger partial charge on any atom is -0.486 e. The van der Waals surface area contributed by atoms with Crippen LogP contribution in [0.2, 0.25) is 0 Å². The van der Waals surface area contributed by atoms with Crippen LogP contribution in [0.5, 0.6) is 11.5 Å². The molecule has 0 aromatic heterocycles. The minimum atomic E-state index is 0.389. The van der Waals surface area contributed by atoms with Crippen LogP contribution in [0.1, 0.15) is 18.1 Å². The molecule has 16 heavy (non-hydrogen) atoms. The fourth-order valence-electron chi connectivity index (χ4n) is 1.90. The van der Waals surface area contributed by atoms with Crippen LogP contribution in [0.25, 0.3) is 0 Å². The molecule has 0 aliphatic carbocycles. The molecule has 1 aromatic carbocycles. The van der Waals surface area contributed by atoms with Crippen LogP contribution in [0.4, 0.5) is 0 Å². The summed E-state index contributed by atoms with van der Waals surface area (Å²) in [6, 6.07) is 4.07. The summed E-state index contributed by atoms with van der Waals surface area (Å²) in [6.07, 6.45) is 1.22. The lowest BCUT2D eigenvalue weighted by atomic mass is 10.0. The van der Waals surface area contributed by atoms with E-state index in [2.05, 4.69) is 28.9 Å². The molecule has 0 saturated carbocycles. The molecule has 1 aliphatic rings. The molecule has 2 rings (SSSR count). The SMILES string of the molecule is CCc1c(CC#N)c(Br)cc2c1OCCO2. The molecule has 0 atom stereocenters. The quantitative estimate of drug-likeness (QED) is 0.837. The summed E-state index contributed by atoms with van der Waals surface area (Å²) >= 11 is 3.48. The number of fused-ring (bicyclic) bond motifs is 1. The summed E-state index contributed by atoms with van der Waals surface area (Å²) in [5, 5.41) is 8.83. The average Bonchev–Trinajstić information content (AvgIpc) is 2.30. The van der Waals surface area contributed by atoms with E-state index in [1.54, 1.807) is 0 Å². The van der Waals surface area contributed by atoms with Crippen molar-refractivity contribution in [3.8, 4) is 17.6 Å². The molecule has 0 fully saturated rings. The first-order chi connectivity index (χ1) is 7.77. The van der Waals surface area contributed by atoms with E-state index in [-0.39, 0.29) is 0 Å². The van der Waals surface area contributed by atoms with Gasteiger partial charge in [-0.2, -0.15) is 5.26 Å². The highest BCUT2D eigenvalue weighted by Gasteiger charge is 2.20. The van der Waals surface area contributed by atoms with Crippen LogP contribution in [0.15, 0.2) is 10.5 Å². The fourth-order valence-corrected chi connectivity index (χ4v) is 2.49. The van der Waals surface area contributed by atoms with Crippen molar-refractivity contribution in [3.63, 3.8) is 0 Å². The monoisotopic (exact) mass is 281 g/mol. The van der Waals surface area contributed by atoms with Gasteiger partial charge in [-0.1, -0.05) is 22.9 Å². The number of hydrogen-bond donors (Lipinski definition) is 0. The van der Waals surface area contributed by atoms with Crippen molar-refractivity contribution < 1.29 is 9.47 Å². The zero-order valence-electron chi connectivity index (χ0n) is 9.05. The largest absolute Gasteiger partial charge is 0.486 e. The Labute approximate surface area is 103 Å². The highest BCUT2D eigenvalue weighted by molar-refractivity contribution is 9.10. The first-order valence-corrected chi connectivity index (χ1v) is 6.04. The zero-order valence-corrected chi connectivity index (χ0v) is 10.6. The van der Waals surface area contributed by atoms with Crippen LogP contribution in [-0.4, -0.2) is 13.2 Å². The normalized spacial score (nSPS) is 13.3. The Morgan fingerprint density at radius 2 is 2.12 bits per heavy atom. The third-order valence-electron chi connectivity index (χ3n) is 2.60. The molecule has 0 unspecified atom stereocenters. The number of hydrogen-bond acceptors (Lipinski definition) is 3. The Bertz CT molecular complexity index is 451. The molecule has 4 heteroatoms. The summed E-state index contributed by atoms with van der Waals surface area (Å²) in [6.45, 7) is 3.22. The van der Waals surface area contributed by atoms with Gasteiger partial charge in [-0.05, 0) is 18.1 Å². The summed E-state index contributed by atoms with van der Waals surface area (Å²) in [4.78, 5) is 0. The zero-order chi connectivity index (χ0) is 11.5. The van der Waals surface area contributed by atoms with Crippen molar-refractivity contribution in [1.29, 1.82) is 5.26 Å². The van der Waals surface area contributed by atoms with Crippen molar-refractivity contribution in [2.24, 2.45) is 0 Å². The lowest BCUT2D eigenvalue weighted by Crippen LogP contribution is -2.17. The van der Waals surface area contributed by atoms with Gasteiger partial charge in [0.05, 0.1) is 12.5 Å². The van der Waals surface area contributed by atoms with Gasteiger partial charge in [0.25, 0.3) is 0 Å². The smallest absolute Gasteiger partial charge is 0.164 e. The molecule has 0 amide bonds. The van der Waals surface area contributed by atoms with Gasteiger partial charge >= 0.3 is 0 Å². The lowest BCUT2D eigenvalue weighted by Gasteiger charge is -2.23. The van der Waals surface area contributed by atoms with Crippen LogP contribution in [-0.2, 0) is 12.8 Å². The number of nitrogens with zero attached hydrogens (tertiary/aromatic N) is 1. The molecule has 1 aliphatic heterocycles. The summed E-state index contributed by atoms with van der Waals surface area (Å²) in [5.74, 6) is 1.58. The van der Waals surface area contributed by atoms with Gasteiger partial charge in [-0.3, -0.25) is 0 Å². The van der Waals surface area contributed by atoms with E-state index in [1.165, 1.54) is 0 Å². The average molecular weight is 282 g/mol. The van der Waals surface area contributed by atoms with Gasteiger partial charge in [0, 0.05) is 10.0 Å². The molecule has 0 bridgehead atoms. The van der Waals surface area contributed by atoms with Gasteiger partial charge < -0.3 is 9.47 Å². The second kappa shape index (κ2) is 4.75. The Hall–Kier alpha value is -1.21. The first-order valence-electron chi connectivity index (χ1n) is 5.24. The molecule has 1 aromatic rings. The van der Waals surface area contributed by atoms with E-state index < -0.39 is 0 Å². The third kappa shape index (κ3) is 1.88. The van der Waals surface area contributed by atoms with Crippen molar-refractivity contribution in [1.82, 2.24) is 0 Å². The maximum atomic E-state index is 8.83. The van der Waals surface area contributed by atoms with Crippen molar-refractivity contribution in [2.45, 2.75) is 19.8 Å². The van der Waals surface area contributed by atoms with Gasteiger partial charge in [-0.15, -0.1) is 0 Å². The van der Waals surface area contributed by atoms with Gasteiger partial charge in [0.1, 0.15) is 13.2 Å². The molecule has 0 saturated heterocycles. The van der Waals surface area contributed by atoms with E-state index >= 15 is 0 Å². The fraction of sp³-hybridized carbons (Fsp3) is 0.417. The molecule has 0 N–H and O–H groups in total. The van der Waals surface area contributed by atoms with Crippen molar-refractivity contribution in [3.05, 3.63) is 21.7 Å². The Morgan fingerprint density at radius 3 is 2.81 bits per heavy atom. The topological polar surface area (TPSA) is 42.2 Å². The number of halogens is 1. The van der Waals surface area contributed by atoms with Gasteiger partial charge in [0.2, 0.25) is 0 Å². The number of nitriles is 1. The number of ether oxygens (including phenoxy) is 2. The third-order valence-corrected chi connectivity index (χ3v) is 3.31. The second-order valence-electron chi connectivity index (χ2n) is 3.53. The predicted molar refractivity (Wildman–Crippen MR) is 63.8 cm³/mol. The van der Waals surface area contributed by atoms with Gasteiger partial charge in [0.15, 0.2) is 11.5 Å². The van der Waals surface area contributed by atoms with Crippen LogP contribution >= 0.6 is 15.9 Å². The summed E-state index contributed by atoms with van der Waals surface area (Å²) in [7, 11) is 0. The van der Waals surface area contributed by atoms with E-state index in [9.17, 15) is 0 Å². The van der Waals surface area contributed by atoms with Gasteiger partial charge in [-0.25, -0.2) is 0 Å². The standard InChI is InChI=1S/C12H12BrNO2/c1-2-8-9(3-4-14)10(13)7-11-12(8)16-6-5-15-11/h7H,2-3,5-6H2,1H3. The van der Waals surface area contributed by atoms with Crippen LogP contribution in [0.3, 0.4) is 0 Å². The minimum absolute atomic E-state index is 0.389. The molecule has 3 nitrogen and oxygen atoms in total. The lowest BCUT2D eigenvalue weighted by molar-refractivity contribution is 0.169. The maximum absolute atomic E-state index is 8.83. The van der Waals surface area contributed by atoms with E-state index in [4.69, 9.17) is 14.7 Å². The second-order valence-corrected chi connectivity index (χ2v) is 4.38. The Kier molecular flexibility index (Phi) is 3.35. The molecule has 84 valence electrons.